The molecule has 8 heteroatoms. The molecule has 8 nitrogen and oxygen atoms in total. The minimum atomic E-state index is -0.845. The number of carbonyl (C=O) groups excluding carboxylic acids is 2. The van der Waals surface area contributed by atoms with Crippen LogP contribution in [0.1, 0.15) is 59.5 Å². The molecule has 30 heavy (non-hydrogen) atoms. The Morgan fingerprint density at radius 2 is 1.90 bits per heavy atom. The van der Waals surface area contributed by atoms with Gasteiger partial charge >= 0.3 is 5.97 Å². The van der Waals surface area contributed by atoms with Crippen molar-refractivity contribution in [2.75, 3.05) is 6.61 Å². The number of carbonyl (C=O) groups is 2. The number of nitrogens with zero attached hydrogens (tertiary/aromatic N) is 2. The summed E-state index contributed by atoms with van der Waals surface area (Å²) >= 11 is 0. The molecule has 1 saturated carbocycles. The lowest BCUT2D eigenvalue weighted by molar-refractivity contribution is -0.125. The normalized spacial score (nSPS) is 15.1. The number of nitrogens with one attached hydrogen (secondary N) is 1. The van der Waals surface area contributed by atoms with Gasteiger partial charge in [0.05, 0.1) is 22.9 Å². The zero-order chi connectivity index (χ0) is 21.6. The summed E-state index contributed by atoms with van der Waals surface area (Å²) in [5.74, 6) is 0.207. The van der Waals surface area contributed by atoms with E-state index in [-0.39, 0.29) is 0 Å². The lowest BCUT2D eigenvalue weighted by atomic mass is 9.83. The Hall–Kier alpha value is -3.34. The molecule has 158 valence electrons. The minimum Gasteiger partial charge on any atom is -0.489 e. The summed E-state index contributed by atoms with van der Waals surface area (Å²) in [6.45, 7) is 3.55. The van der Waals surface area contributed by atoms with Crippen molar-refractivity contribution >= 4 is 11.9 Å². The van der Waals surface area contributed by atoms with Crippen molar-refractivity contribution in [1.82, 2.24) is 10.5 Å². The summed E-state index contributed by atoms with van der Waals surface area (Å²) in [6, 6.07) is 8.66. The number of aryl methyl sites for hydroxylation is 2. The average molecular weight is 411 g/mol. The number of hydrogen-bond donors (Lipinski definition) is 1. The van der Waals surface area contributed by atoms with Crippen LogP contribution in [0.25, 0.3) is 0 Å². The number of ether oxygens (including phenoxy) is 2. The molecule has 1 heterocycles. The molecule has 0 aliphatic heterocycles. The first kappa shape index (κ1) is 21.4. The predicted molar refractivity (Wildman–Crippen MR) is 107 cm³/mol. The molecule has 3 rings (SSSR count). The standard InChI is InChI=1S/C22H25N3O5/c1-15-19(16(2)30-25-15)12-28-18-8-6-17(7-9-18)21(27)29-13-20(26)24-22(14-23)10-4-3-5-11-22/h6-9H,3-5,10-13H2,1-2H3,(H,24,26). The zero-order valence-electron chi connectivity index (χ0n) is 17.2. The topological polar surface area (TPSA) is 114 Å². The molecule has 0 unspecified atom stereocenters. The van der Waals surface area contributed by atoms with Gasteiger partial charge < -0.3 is 19.3 Å². The van der Waals surface area contributed by atoms with Gasteiger partial charge in [0.2, 0.25) is 0 Å². The van der Waals surface area contributed by atoms with Gasteiger partial charge in [-0.1, -0.05) is 24.4 Å². The second-order valence-corrected chi connectivity index (χ2v) is 7.49. The first-order valence-electron chi connectivity index (χ1n) is 9.96. The Kier molecular flexibility index (Phi) is 6.72. The van der Waals surface area contributed by atoms with E-state index >= 15 is 0 Å². The smallest absolute Gasteiger partial charge is 0.338 e. The van der Waals surface area contributed by atoms with Crippen LogP contribution in [-0.2, 0) is 16.1 Å². The maximum absolute atomic E-state index is 12.2. The average Bonchev–Trinajstić information content (AvgIpc) is 3.09. The zero-order valence-corrected chi connectivity index (χ0v) is 17.2. The van der Waals surface area contributed by atoms with Crippen LogP contribution in [0.4, 0.5) is 0 Å². The molecule has 1 aliphatic rings. The van der Waals surface area contributed by atoms with Crippen molar-refractivity contribution < 1.29 is 23.6 Å². The number of nitriles is 1. The van der Waals surface area contributed by atoms with Crippen LogP contribution < -0.4 is 10.1 Å². The van der Waals surface area contributed by atoms with Gasteiger partial charge in [-0.2, -0.15) is 5.26 Å². The minimum absolute atomic E-state index is 0.306. The highest BCUT2D eigenvalue weighted by atomic mass is 16.5. The molecule has 0 bridgehead atoms. The van der Waals surface area contributed by atoms with E-state index < -0.39 is 24.0 Å². The van der Waals surface area contributed by atoms with Crippen LogP contribution in [0.15, 0.2) is 28.8 Å². The lowest BCUT2D eigenvalue weighted by Crippen LogP contribution is -2.50. The summed E-state index contributed by atoms with van der Waals surface area (Å²) in [5, 5.41) is 16.0. The fourth-order valence-electron chi connectivity index (χ4n) is 3.49. The first-order chi connectivity index (χ1) is 14.4. The third kappa shape index (κ3) is 5.17. The highest BCUT2D eigenvalue weighted by Gasteiger charge is 2.33. The molecule has 1 amide bonds. The van der Waals surface area contributed by atoms with Gasteiger partial charge in [-0.05, 0) is 51.0 Å². The van der Waals surface area contributed by atoms with Gasteiger partial charge in [0.1, 0.15) is 23.7 Å². The lowest BCUT2D eigenvalue weighted by Gasteiger charge is -2.31. The van der Waals surface area contributed by atoms with Crippen molar-refractivity contribution in [3.05, 3.63) is 46.8 Å². The first-order valence-corrected chi connectivity index (χ1v) is 9.96. The van der Waals surface area contributed by atoms with Gasteiger partial charge in [0.25, 0.3) is 5.91 Å². The summed E-state index contributed by atoms with van der Waals surface area (Å²) in [5.41, 5.74) is 1.12. The Morgan fingerprint density at radius 1 is 1.20 bits per heavy atom. The number of amides is 1. The van der Waals surface area contributed by atoms with Gasteiger partial charge in [-0.25, -0.2) is 4.79 Å². The largest absolute Gasteiger partial charge is 0.489 e. The molecule has 2 aromatic rings. The van der Waals surface area contributed by atoms with E-state index in [0.29, 0.717) is 36.5 Å². The van der Waals surface area contributed by atoms with Crippen molar-refractivity contribution in [2.24, 2.45) is 0 Å². The summed E-state index contributed by atoms with van der Waals surface area (Å²) in [4.78, 5) is 24.4. The van der Waals surface area contributed by atoms with E-state index in [9.17, 15) is 14.9 Å². The van der Waals surface area contributed by atoms with Crippen LogP contribution in [0.3, 0.4) is 0 Å². The monoisotopic (exact) mass is 411 g/mol. The number of aromatic nitrogens is 1. The molecule has 1 aromatic carbocycles. The van der Waals surface area contributed by atoms with Crippen molar-refractivity contribution in [3.63, 3.8) is 0 Å². The highest BCUT2D eigenvalue weighted by molar-refractivity contribution is 5.91. The molecule has 1 N–H and O–H groups in total. The number of benzene rings is 1. The van der Waals surface area contributed by atoms with Crippen LogP contribution in [0.2, 0.25) is 0 Å². The van der Waals surface area contributed by atoms with E-state index in [1.807, 2.05) is 13.8 Å². The van der Waals surface area contributed by atoms with E-state index in [2.05, 4.69) is 16.5 Å². The third-order valence-corrected chi connectivity index (χ3v) is 5.29. The van der Waals surface area contributed by atoms with Crippen LogP contribution in [-0.4, -0.2) is 29.2 Å². The van der Waals surface area contributed by atoms with Crippen molar-refractivity contribution in [1.29, 1.82) is 5.26 Å². The molecule has 0 atom stereocenters. The molecule has 1 aliphatic carbocycles. The maximum atomic E-state index is 12.2. The van der Waals surface area contributed by atoms with Crippen LogP contribution in [0.5, 0.6) is 5.75 Å². The van der Waals surface area contributed by atoms with Crippen molar-refractivity contribution in [3.8, 4) is 11.8 Å². The SMILES string of the molecule is Cc1noc(C)c1COc1ccc(C(=O)OCC(=O)NC2(C#N)CCCCC2)cc1. The van der Waals surface area contributed by atoms with Gasteiger partial charge in [0.15, 0.2) is 6.61 Å². The summed E-state index contributed by atoms with van der Waals surface area (Å²) in [7, 11) is 0. The van der Waals surface area contributed by atoms with E-state index in [0.717, 1.165) is 30.5 Å². The fourth-order valence-corrected chi connectivity index (χ4v) is 3.49. The summed E-state index contributed by atoms with van der Waals surface area (Å²) < 4.78 is 15.9. The second-order valence-electron chi connectivity index (χ2n) is 7.49. The van der Waals surface area contributed by atoms with Gasteiger partial charge in [-0.15, -0.1) is 0 Å². The Morgan fingerprint density at radius 3 is 2.50 bits per heavy atom. The second kappa shape index (κ2) is 9.44. The third-order valence-electron chi connectivity index (χ3n) is 5.29. The molecule has 1 aromatic heterocycles. The molecule has 0 spiro atoms. The molecule has 0 saturated heterocycles. The van der Waals surface area contributed by atoms with Crippen LogP contribution in [0, 0.1) is 25.2 Å². The Labute approximate surface area is 175 Å². The van der Waals surface area contributed by atoms with E-state index in [4.69, 9.17) is 14.0 Å². The molecular weight excluding hydrogens is 386 g/mol. The number of rotatable bonds is 7. The predicted octanol–water partition coefficient (Wildman–Crippen LogP) is 3.37. The van der Waals surface area contributed by atoms with E-state index in [1.165, 1.54) is 0 Å². The van der Waals surface area contributed by atoms with Crippen LogP contribution >= 0.6 is 0 Å². The quantitative estimate of drug-likeness (QED) is 0.695. The maximum Gasteiger partial charge on any atom is 0.338 e. The Bertz CT molecular complexity index is 917. The van der Waals surface area contributed by atoms with Crippen molar-refractivity contribution in [2.45, 2.75) is 58.1 Å². The molecule has 0 radical (unpaired) electrons. The molecule has 1 fully saturated rings. The highest BCUT2D eigenvalue weighted by Crippen LogP contribution is 2.27. The van der Waals surface area contributed by atoms with E-state index in [1.54, 1.807) is 24.3 Å². The van der Waals surface area contributed by atoms with Gasteiger partial charge in [0, 0.05) is 0 Å². The fraction of sp³-hybridized carbons (Fsp3) is 0.455. The molecular formula is C22H25N3O5. The number of hydrogen-bond acceptors (Lipinski definition) is 7. The van der Waals surface area contributed by atoms with Gasteiger partial charge in [-0.3, -0.25) is 4.79 Å². The number of esters is 1. The Balaban J connectivity index is 1.48. The summed E-state index contributed by atoms with van der Waals surface area (Å²) in [6.07, 6.45) is 4.11.